The molecule has 0 saturated heterocycles. The maximum absolute atomic E-state index is 11.6. The first kappa shape index (κ1) is 15.9. The van der Waals surface area contributed by atoms with Crippen LogP contribution < -0.4 is 0 Å². The van der Waals surface area contributed by atoms with E-state index in [1.807, 2.05) is 19.1 Å². The lowest BCUT2D eigenvalue weighted by Gasteiger charge is -2.06. The Labute approximate surface area is 107 Å². The third-order valence-electron chi connectivity index (χ3n) is 2.12. The van der Waals surface area contributed by atoms with Crippen molar-refractivity contribution in [2.75, 3.05) is 20.3 Å². The molecule has 17 heavy (non-hydrogen) atoms. The molecule has 0 spiro atoms. The van der Waals surface area contributed by atoms with Gasteiger partial charge in [0.25, 0.3) is 0 Å². The number of hydrogen-bond donors (Lipinski definition) is 0. The summed E-state index contributed by atoms with van der Waals surface area (Å²) in [6.07, 6.45) is 0.781. The molecule has 0 radical (unpaired) electrons. The van der Waals surface area contributed by atoms with E-state index in [0.717, 1.165) is 12.0 Å². The molecule has 0 heterocycles. The van der Waals surface area contributed by atoms with Crippen molar-refractivity contribution < 1.29 is 19.3 Å². The lowest BCUT2D eigenvalue weighted by Crippen LogP contribution is -2.11. The van der Waals surface area contributed by atoms with Gasteiger partial charge in [-0.3, -0.25) is 4.89 Å². The molecule has 0 unspecified atom stereocenters. The van der Waals surface area contributed by atoms with Gasteiger partial charge in [-0.2, -0.15) is 4.89 Å². The van der Waals surface area contributed by atoms with E-state index in [1.54, 1.807) is 19.2 Å². The summed E-state index contributed by atoms with van der Waals surface area (Å²) in [6, 6.07) is 7.30. The third kappa shape index (κ3) is 5.17. The lowest BCUT2D eigenvalue weighted by molar-refractivity contribution is -0.246. The van der Waals surface area contributed by atoms with Gasteiger partial charge in [0.2, 0.25) is 0 Å². The Balaban J connectivity index is 0.00000256. The molecule has 1 rings (SSSR count). The first-order valence-electron chi connectivity index (χ1n) is 5.20. The highest BCUT2D eigenvalue weighted by Crippen LogP contribution is 2.10. The zero-order valence-electron chi connectivity index (χ0n) is 9.97. The average molecular weight is 261 g/mol. The van der Waals surface area contributed by atoms with Crippen LogP contribution in [0.3, 0.4) is 0 Å². The van der Waals surface area contributed by atoms with Crippen LogP contribution in [-0.4, -0.2) is 26.3 Å². The number of aryl methyl sites for hydroxylation is 1. The molecule has 0 aliphatic heterocycles. The van der Waals surface area contributed by atoms with Crippen molar-refractivity contribution in [1.82, 2.24) is 0 Å². The molecule has 0 aliphatic rings. The van der Waals surface area contributed by atoms with E-state index in [1.165, 1.54) is 0 Å². The van der Waals surface area contributed by atoms with Crippen LogP contribution in [0.2, 0.25) is 0 Å². The summed E-state index contributed by atoms with van der Waals surface area (Å²) in [4.78, 5) is 21.0. The van der Waals surface area contributed by atoms with Crippen molar-refractivity contribution in [2.45, 2.75) is 13.3 Å². The maximum Gasteiger partial charge on any atom is 0.373 e. The Morgan fingerprint density at radius 1 is 1.24 bits per heavy atom. The SMILES string of the molecule is CCc1ccccc1C(=O)OOCCOC.Cl. The first-order chi connectivity index (χ1) is 7.79. The summed E-state index contributed by atoms with van der Waals surface area (Å²) in [5, 5.41) is 0. The number of hydrogen-bond acceptors (Lipinski definition) is 4. The van der Waals surface area contributed by atoms with E-state index in [9.17, 15) is 4.79 Å². The van der Waals surface area contributed by atoms with E-state index in [0.29, 0.717) is 12.2 Å². The molecule has 0 aliphatic carbocycles. The van der Waals surface area contributed by atoms with Crippen molar-refractivity contribution in [1.29, 1.82) is 0 Å². The van der Waals surface area contributed by atoms with Crippen molar-refractivity contribution >= 4 is 18.4 Å². The molecule has 0 atom stereocenters. The molecular formula is C12H17ClO4. The largest absolute Gasteiger partial charge is 0.382 e. The summed E-state index contributed by atoms with van der Waals surface area (Å²) in [7, 11) is 1.55. The normalized spacial score (nSPS) is 9.53. The minimum atomic E-state index is -0.464. The molecule has 0 saturated carbocycles. The van der Waals surface area contributed by atoms with Crippen LogP contribution in [0.4, 0.5) is 0 Å². The molecular weight excluding hydrogens is 244 g/mol. The number of benzene rings is 1. The minimum absolute atomic E-state index is 0. The van der Waals surface area contributed by atoms with Crippen LogP contribution in [0.1, 0.15) is 22.8 Å². The standard InChI is InChI=1S/C12H16O4.ClH/c1-3-10-6-4-5-7-11(10)12(13)16-15-9-8-14-2;/h4-7H,3,8-9H2,1-2H3;1H. The topological polar surface area (TPSA) is 44.8 Å². The van der Waals surface area contributed by atoms with Crippen LogP contribution in [0.25, 0.3) is 0 Å². The summed E-state index contributed by atoms with van der Waals surface area (Å²) < 4.78 is 4.76. The fourth-order valence-electron chi connectivity index (χ4n) is 1.29. The summed E-state index contributed by atoms with van der Waals surface area (Å²) >= 11 is 0. The highest BCUT2D eigenvalue weighted by atomic mass is 35.5. The Kier molecular flexibility index (Phi) is 8.40. The van der Waals surface area contributed by atoms with E-state index in [4.69, 9.17) is 9.62 Å². The van der Waals surface area contributed by atoms with Gasteiger partial charge >= 0.3 is 5.97 Å². The monoisotopic (exact) mass is 260 g/mol. The number of halogens is 1. The number of rotatable bonds is 6. The molecule has 0 N–H and O–H groups in total. The van der Waals surface area contributed by atoms with Gasteiger partial charge in [-0.25, -0.2) is 4.79 Å². The predicted octanol–water partition coefficient (Wildman–Crippen LogP) is 2.41. The molecule has 0 bridgehead atoms. The van der Waals surface area contributed by atoms with Gasteiger partial charge in [-0.15, -0.1) is 12.4 Å². The van der Waals surface area contributed by atoms with Gasteiger partial charge in [0.15, 0.2) is 0 Å². The van der Waals surface area contributed by atoms with Crippen molar-refractivity contribution in [3.63, 3.8) is 0 Å². The zero-order valence-corrected chi connectivity index (χ0v) is 10.8. The fourth-order valence-corrected chi connectivity index (χ4v) is 1.29. The van der Waals surface area contributed by atoms with Gasteiger partial charge < -0.3 is 4.74 Å². The van der Waals surface area contributed by atoms with Gasteiger partial charge in [0, 0.05) is 7.11 Å². The average Bonchev–Trinajstić information content (AvgIpc) is 2.34. The molecule has 4 nitrogen and oxygen atoms in total. The van der Waals surface area contributed by atoms with E-state index < -0.39 is 5.97 Å². The summed E-state index contributed by atoms with van der Waals surface area (Å²) in [5.74, 6) is -0.464. The van der Waals surface area contributed by atoms with Crippen LogP contribution in [-0.2, 0) is 20.9 Å². The van der Waals surface area contributed by atoms with Crippen LogP contribution in [0.15, 0.2) is 24.3 Å². The molecule has 5 heteroatoms. The Morgan fingerprint density at radius 3 is 2.59 bits per heavy atom. The van der Waals surface area contributed by atoms with E-state index in [-0.39, 0.29) is 19.0 Å². The van der Waals surface area contributed by atoms with E-state index in [2.05, 4.69) is 4.89 Å². The molecule has 1 aromatic rings. The van der Waals surface area contributed by atoms with Gasteiger partial charge in [0.1, 0.15) is 6.61 Å². The van der Waals surface area contributed by atoms with Crippen molar-refractivity contribution in [3.05, 3.63) is 35.4 Å². The molecule has 0 fully saturated rings. The van der Waals surface area contributed by atoms with Crippen molar-refractivity contribution in [2.24, 2.45) is 0 Å². The van der Waals surface area contributed by atoms with Crippen LogP contribution >= 0.6 is 12.4 Å². The second kappa shape index (κ2) is 8.98. The maximum atomic E-state index is 11.6. The van der Waals surface area contributed by atoms with Gasteiger partial charge in [-0.1, -0.05) is 25.1 Å². The number of methoxy groups -OCH3 is 1. The molecule has 96 valence electrons. The first-order valence-corrected chi connectivity index (χ1v) is 5.20. The smallest absolute Gasteiger partial charge is 0.373 e. The Bertz CT molecular complexity index is 341. The highest BCUT2D eigenvalue weighted by Gasteiger charge is 2.11. The summed E-state index contributed by atoms with van der Waals surface area (Å²) in [5.41, 5.74) is 1.49. The van der Waals surface area contributed by atoms with Gasteiger partial charge in [0.05, 0.1) is 12.2 Å². The molecule has 1 aromatic carbocycles. The van der Waals surface area contributed by atoms with Crippen LogP contribution in [0.5, 0.6) is 0 Å². The lowest BCUT2D eigenvalue weighted by atomic mass is 10.1. The highest BCUT2D eigenvalue weighted by molar-refractivity contribution is 5.90. The van der Waals surface area contributed by atoms with Gasteiger partial charge in [-0.05, 0) is 18.1 Å². The second-order valence-corrected chi connectivity index (χ2v) is 3.20. The molecule has 0 aromatic heterocycles. The number of carbonyl (C=O) groups excluding carboxylic acids is 1. The Hall–Kier alpha value is -1.10. The zero-order chi connectivity index (χ0) is 11.8. The second-order valence-electron chi connectivity index (χ2n) is 3.20. The Morgan fingerprint density at radius 2 is 1.94 bits per heavy atom. The number of carbonyl (C=O) groups is 1. The predicted molar refractivity (Wildman–Crippen MR) is 66.3 cm³/mol. The molecule has 0 amide bonds. The van der Waals surface area contributed by atoms with Crippen LogP contribution in [0, 0.1) is 0 Å². The third-order valence-corrected chi connectivity index (χ3v) is 2.12. The van der Waals surface area contributed by atoms with E-state index >= 15 is 0 Å². The minimum Gasteiger partial charge on any atom is -0.382 e. The quantitative estimate of drug-likeness (QED) is 0.448. The van der Waals surface area contributed by atoms with Crippen molar-refractivity contribution in [3.8, 4) is 0 Å². The number of ether oxygens (including phenoxy) is 1. The fraction of sp³-hybridized carbons (Fsp3) is 0.417. The summed E-state index contributed by atoms with van der Waals surface area (Å²) in [6.45, 7) is 2.61.